The fraction of sp³-hybridized carbons (Fsp3) is 0.625. The van der Waals surface area contributed by atoms with Crippen LogP contribution in [0.15, 0.2) is 18.2 Å². The van der Waals surface area contributed by atoms with Crippen LogP contribution >= 0.6 is 11.6 Å². The molecule has 0 aliphatic carbocycles. The number of aryl methyl sites for hydroxylation is 2. The average molecular weight is 261 g/mol. The van der Waals surface area contributed by atoms with Gasteiger partial charge in [-0.2, -0.15) is 0 Å². The molecule has 0 fully saturated rings. The van der Waals surface area contributed by atoms with Crippen LogP contribution in [0.3, 0.4) is 0 Å². The van der Waals surface area contributed by atoms with Crippen molar-refractivity contribution in [1.29, 1.82) is 0 Å². The predicted octanol–water partition coefficient (Wildman–Crippen LogP) is 7.06. The third kappa shape index (κ3) is 18.1. The Balaban J connectivity index is -0.0000000905. The Morgan fingerprint density at radius 1 is 0.706 bits per heavy atom. The van der Waals surface area contributed by atoms with Gasteiger partial charge in [0.15, 0.2) is 0 Å². The summed E-state index contributed by atoms with van der Waals surface area (Å²) in [7, 11) is 0. The molecule has 0 unspecified atom stereocenters. The normalized spacial score (nSPS) is 6.53. The van der Waals surface area contributed by atoms with Crippen molar-refractivity contribution in [3.8, 4) is 0 Å². The molecule has 0 amide bonds. The highest BCUT2D eigenvalue weighted by atomic mass is 35.5. The zero-order valence-electron chi connectivity index (χ0n) is 13.6. The quantitative estimate of drug-likeness (QED) is 0.468. The summed E-state index contributed by atoms with van der Waals surface area (Å²) in [5.41, 5.74) is 2.41. The van der Waals surface area contributed by atoms with E-state index in [1.54, 1.807) is 0 Å². The Bertz CT molecular complexity index is 217. The molecule has 0 nitrogen and oxygen atoms in total. The van der Waals surface area contributed by atoms with Crippen LogP contribution in [0.5, 0.6) is 0 Å². The lowest BCUT2D eigenvalue weighted by atomic mass is 10.2. The van der Waals surface area contributed by atoms with Gasteiger partial charge >= 0.3 is 0 Å². The summed E-state index contributed by atoms with van der Waals surface area (Å²) in [6.45, 7) is 20.1. The van der Waals surface area contributed by atoms with Crippen LogP contribution in [0.4, 0.5) is 0 Å². The van der Waals surface area contributed by atoms with Crippen molar-refractivity contribution in [3.63, 3.8) is 0 Å². The Morgan fingerprint density at radius 3 is 1.29 bits per heavy atom. The summed E-state index contributed by atoms with van der Waals surface area (Å²) in [6.07, 6.45) is 0. The van der Waals surface area contributed by atoms with Gasteiger partial charge in [0, 0.05) is 5.02 Å². The van der Waals surface area contributed by atoms with Crippen LogP contribution in [0.1, 0.15) is 66.5 Å². The maximum atomic E-state index is 5.78. The second-order valence-electron chi connectivity index (χ2n) is 2.25. The lowest BCUT2D eigenvalue weighted by molar-refractivity contribution is 1.39. The van der Waals surface area contributed by atoms with Gasteiger partial charge in [0.25, 0.3) is 0 Å². The van der Waals surface area contributed by atoms with Crippen molar-refractivity contribution in [1.82, 2.24) is 0 Å². The van der Waals surface area contributed by atoms with Gasteiger partial charge in [0.05, 0.1) is 0 Å². The zero-order valence-corrected chi connectivity index (χ0v) is 14.4. The fourth-order valence-electron chi connectivity index (χ4n) is 0.795. The number of rotatable bonds is 0. The molecule has 0 saturated carbocycles. The van der Waals surface area contributed by atoms with Crippen molar-refractivity contribution in [2.75, 3.05) is 0 Å². The monoisotopic (exact) mass is 260 g/mol. The lowest BCUT2D eigenvalue weighted by Crippen LogP contribution is -1.75. The van der Waals surface area contributed by atoms with E-state index in [0.29, 0.717) is 0 Å². The molecule has 1 aromatic carbocycles. The van der Waals surface area contributed by atoms with E-state index < -0.39 is 0 Å². The highest BCUT2D eigenvalue weighted by Gasteiger charge is 1.91. The van der Waals surface area contributed by atoms with Crippen LogP contribution in [0.2, 0.25) is 5.02 Å². The third-order valence-electron chi connectivity index (χ3n) is 1.31. The van der Waals surface area contributed by atoms with E-state index >= 15 is 0 Å². The van der Waals surface area contributed by atoms with Gasteiger partial charge in [-0.25, -0.2) is 0 Å². The second kappa shape index (κ2) is 24.6. The lowest BCUT2D eigenvalue weighted by Gasteiger charge is -1.96. The molecule has 0 radical (unpaired) electrons. The van der Waals surface area contributed by atoms with E-state index in [-0.39, 0.29) is 0 Å². The van der Waals surface area contributed by atoms with Gasteiger partial charge in [-0.1, -0.05) is 84.7 Å². The topological polar surface area (TPSA) is 0 Å². The maximum Gasteiger partial charge on any atom is 0.0435 e. The molecule has 0 spiro atoms. The standard InChI is InChI=1S/C8H9Cl.4C2H6/c1-6-3-4-8(9)7(2)5-6;4*1-2/h3-5H,1-2H3;4*1-2H3. The molecule has 0 aromatic heterocycles. The Morgan fingerprint density at radius 2 is 1.06 bits per heavy atom. The first-order chi connectivity index (χ1) is 8.20. The predicted molar refractivity (Wildman–Crippen MR) is 86.3 cm³/mol. The van der Waals surface area contributed by atoms with Crippen molar-refractivity contribution < 1.29 is 0 Å². The average Bonchev–Trinajstić information content (AvgIpc) is 2.43. The molecule has 17 heavy (non-hydrogen) atoms. The summed E-state index contributed by atoms with van der Waals surface area (Å²) in [5, 5.41) is 0.848. The van der Waals surface area contributed by atoms with E-state index in [0.717, 1.165) is 10.6 Å². The van der Waals surface area contributed by atoms with Gasteiger partial charge in [-0.05, 0) is 25.5 Å². The fourth-order valence-corrected chi connectivity index (χ4v) is 0.912. The van der Waals surface area contributed by atoms with Crippen molar-refractivity contribution in [2.45, 2.75) is 69.2 Å². The van der Waals surface area contributed by atoms with Crippen LogP contribution in [-0.4, -0.2) is 0 Å². The molecule has 0 bridgehead atoms. The Labute approximate surface area is 115 Å². The van der Waals surface area contributed by atoms with Gasteiger partial charge in [-0.3, -0.25) is 0 Å². The van der Waals surface area contributed by atoms with Crippen LogP contribution in [-0.2, 0) is 0 Å². The molecule has 1 aromatic rings. The van der Waals surface area contributed by atoms with Crippen LogP contribution in [0.25, 0.3) is 0 Å². The van der Waals surface area contributed by atoms with Crippen LogP contribution in [0, 0.1) is 13.8 Å². The first-order valence-corrected chi connectivity index (χ1v) is 7.30. The molecule has 0 atom stereocenters. The Kier molecular flexibility index (Phi) is 36.8. The molecule has 0 aliphatic heterocycles. The Hall–Kier alpha value is -0.490. The zero-order chi connectivity index (χ0) is 14.9. The summed E-state index contributed by atoms with van der Waals surface area (Å²) >= 11 is 5.78. The van der Waals surface area contributed by atoms with Gasteiger partial charge in [0.1, 0.15) is 0 Å². The molecular weight excluding hydrogens is 228 g/mol. The summed E-state index contributed by atoms with van der Waals surface area (Å²) in [4.78, 5) is 0. The van der Waals surface area contributed by atoms with E-state index in [1.807, 2.05) is 74.4 Å². The van der Waals surface area contributed by atoms with Crippen LogP contribution < -0.4 is 0 Å². The van der Waals surface area contributed by atoms with E-state index in [2.05, 4.69) is 13.0 Å². The highest BCUT2D eigenvalue weighted by molar-refractivity contribution is 6.31. The first kappa shape index (κ1) is 25.4. The van der Waals surface area contributed by atoms with Crippen molar-refractivity contribution in [2.24, 2.45) is 0 Å². The minimum absolute atomic E-state index is 0.848. The molecule has 104 valence electrons. The largest absolute Gasteiger partial charge is 0.0841 e. The summed E-state index contributed by atoms with van der Waals surface area (Å²) in [6, 6.07) is 6.00. The number of benzene rings is 1. The molecule has 0 saturated heterocycles. The SMILES string of the molecule is CC.CC.CC.CC.Cc1ccc(Cl)c(C)c1. The maximum absolute atomic E-state index is 5.78. The van der Waals surface area contributed by atoms with Gasteiger partial charge in [0.2, 0.25) is 0 Å². The molecular formula is C16H33Cl. The molecule has 0 aliphatic rings. The third-order valence-corrected chi connectivity index (χ3v) is 1.74. The summed E-state index contributed by atoms with van der Waals surface area (Å²) < 4.78 is 0. The van der Waals surface area contributed by atoms with E-state index in [9.17, 15) is 0 Å². The number of hydrogen-bond acceptors (Lipinski definition) is 0. The van der Waals surface area contributed by atoms with Gasteiger partial charge in [-0.15, -0.1) is 0 Å². The number of halogens is 1. The van der Waals surface area contributed by atoms with E-state index in [1.165, 1.54) is 5.56 Å². The molecule has 1 rings (SSSR count). The van der Waals surface area contributed by atoms with Crippen molar-refractivity contribution >= 4 is 11.6 Å². The smallest absolute Gasteiger partial charge is 0.0435 e. The molecule has 0 N–H and O–H groups in total. The minimum Gasteiger partial charge on any atom is -0.0841 e. The van der Waals surface area contributed by atoms with Gasteiger partial charge < -0.3 is 0 Å². The summed E-state index contributed by atoms with van der Waals surface area (Å²) in [5.74, 6) is 0. The molecule has 0 heterocycles. The second-order valence-corrected chi connectivity index (χ2v) is 2.66. The minimum atomic E-state index is 0.848. The van der Waals surface area contributed by atoms with E-state index in [4.69, 9.17) is 11.6 Å². The number of hydrogen-bond donors (Lipinski definition) is 0. The first-order valence-electron chi connectivity index (χ1n) is 6.93. The molecule has 1 heteroatoms. The highest BCUT2D eigenvalue weighted by Crippen LogP contribution is 2.14. The van der Waals surface area contributed by atoms with Crippen molar-refractivity contribution in [3.05, 3.63) is 34.3 Å².